The molecule has 0 radical (unpaired) electrons. The number of pyridine rings is 1. The molecule has 0 aliphatic carbocycles. The van der Waals surface area contributed by atoms with Crippen LogP contribution in [-0.4, -0.2) is 28.4 Å². The predicted molar refractivity (Wildman–Crippen MR) is 143 cm³/mol. The molecule has 2 aromatic carbocycles. The molecule has 0 unspecified atom stereocenters. The fourth-order valence-electron chi connectivity index (χ4n) is 3.73. The topological polar surface area (TPSA) is 97.4 Å². The lowest BCUT2D eigenvalue weighted by Crippen LogP contribution is -2.28. The number of alkyl halides is 3. The zero-order chi connectivity index (χ0) is 29.1. The van der Waals surface area contributed by atoms with Gasteiger partial charge in [0.1, 0.15) is 5.60 Å². The van der Waals surface area contributed by atoms with E-state index < -0.39 is 52.3 Å². The summed E-state index contributed by atoms with van der Waals surface area (Å²) in [5.41, 5.74) is 0.737. The van der Waals surface area contributed by atoms with Crippen molar-refractivity contribution in [2.45, 2.75) is 52.8 Å². The Hall–Kier alpha value is -3.92. The average molecular weight is 562 g/mol. The lowest BCUT2D eigenvalue weighted by atomic mass is 9.99. The molecule has 7 nitrogen and oxygen atoms in total. The number of benzene rings is 2. The van der Waals surface area contributed by atoms with Gasteiger partial charge in [-0.2, -0.15) is 13.2 Å². The van der Waals surface area contributed by atoms with Crippen LogP contribution < -0.4 is 10.6 Å². The molecule has 0 fully saturated rings. The number of hydrogen-bond acceptors (Lipinski definition) is 5. The second-order valence-electron chi connectivity index (χ2n) is 9.87. The second-order valence-corrected chi connectivity index (χ2v) is 10.3. The number of hydrogen-bond donors (Lipinski definition) is 2. The molecular formula is C28H27ClF3N3O4. The molecule has 2 amide bonds. The zero-order valence-corrected chi connectivity index (χ0v) is 22.7. The molecule has 0 spiro atoms. The number of Topliss-reactive ketones (excluding diaryl/α,β-unsaturated/α-hetero) is 1. The Labute approximate surface area is 228 Å². The van der Waals surface area contributed by atoms with E-state index in [4.69, 9.17) is 16.3 Å². The van der Waals surface area contributed by atoms with Crippen molar-refractivity contribution >= 4 is 40.8 Å². The van der Waals surface area contributed by atoms with Crippen LogP contribution in [0.3, 0.4) is 0 Å². The standard InChI is InChI=1S/C28H27ClF3N3O4/c1-15-9-19(10-16(2)33-15)17-7-6-8-18(11-17)24(36)14-25(37)34-23-13-21(29)20(28(30,31)32)12-22(23)35-26(38)39-27(3,4)5/h6-13H,14H2,1-5H3,(H,34,37)(H,35,38). The minimum Gasteiger partial charge on any atom is -0.444 e. The third kappa shape index (κ3) is 8.28. The highest BCUT2D eigenvalue weighted by atomic mass is 35.5. The summed E-state index contributed by atoms with van der Waals surface area (Å²) in [5.74, 6) is -1.33. The Kier molecular flexibility index (Phi) is 8.70. The molecule has 206 valence electrons. The van der Waals surface area contributed by atoms with Crippen LogP contribution in [-0.2, 0) is 15.7 Å². The Morgan fingerprint density at radius 1 is 0.897 bits per heavy atom. The molecule has 0 aliphatic rings. The molecule has 3 rings (SSSR count). The number of carbonyl (C=O) groups is 3. The normalized spacial score (nSPS) is 11.6. The number of halogens is 4. The van der Waals surface area contributed by atoms with Crippen LogP contribution in [0, 0.1) is 13.8 Å². The van der Waals surface area contributed by atoms with E-state index in [9.17, 15) is 27.6 Å². The summed E-state index contributed by atoms with van der Waals surface area (Å²) in [6.45, 7) is 8.45. The van der Waals surface area contributed by atoms with Crippen LogP contribution in [0.2, 0.25) is 5.02 Å². The molecule has 11 heteroatoms. The van der Waals surface area contributed by atoms with Gasteiger partial charge in [-0.05, 0) is 76.1 Å². The van der Waals surface area contributed by atoms with Crippen molar-refractivity contribution in [1.29, 1.82) is 0 Å². The SMILES string of the molecule is Cc1cc(-c2cccc(C(=O)CC(=O)Nc3cc(Cl)c(C(F)(F)F)cc3NC(=O)OC(C)(C)C)c2)cc(C)n1. The second kappa shape index (κ2) is 11.4. The highest BCUT2D eigenvalue weighted by Crippen LogP contribution is 2.39. The van der Waals surface area contributed by atoms with Crippen LogP contribution in [0.25, 0.3) is 11.1 Å². The number of aryl methyl sites for hydroxylation is 2. The number of amides is 2. The summed E-state index contributed by atoms with van der Waals surface area (Å²) in [7, 11) is 0. The zero-order valence-electron chi connectivity index (χ0n) is 21.9. The van der Waals surface area contributed by atoms with Gasteiger partial charge in [0.25, 0.3) is 0 Å². The first-order valence-electron chi connectivity index (χ1n) is 11.8. The highest BCUT2D eigenvalue weighted by molar-refractivity contribution is 6.32. The van der Waals surface area contributed by atoms with E-state index >= 15 is 0 Å². The summed E-state index contributed by atoms with van der Waals surface area (Å²) in [5, 5.41) is 3.88. The van der Waals surface area contributed by atoms with E-state index in [0.717, 1.165) is 28.6 Å². The Balaban J connectivity index is 1.83. The number of nitrogens with zero attached hydrogens (tertiary/aromatic N) is 1. The van der Waals surface area contributed by atoms with E-state index in [1.165, 1.54) is 0 Å². The number of rotatable bonds is 6. The number of nitrogens with one attached hydrogen (secondary N) is 2. The smallest absolute Gasteiger partial charge is 0.417 e. The summed E-state index contributed by atoms with van der Waals surface area (Å²) < 4.78 is 45.4. The van der Waals surface area contributed by atoms with Crippen molar-refractivity contribution in [3.8, 4) is 11.1 Å². The van der Waals surface area contributed by atoms with Gasteiger partial charge < -0.3 is 10.1 Å². The largest absolute Gasteiger partial charge is 0.444 e. The van der Waals surface area contributed by atoms with E-state index in [0.29, 0.717) is 6.07 Å². The minimum absolute atomic E-state index is 0.229. The summed E-state index contributed by atoms with van der Waals surface area (Å²) >= 11 is 5.83. The number of ether oxygens (including phenoxy) is 1. The average Bonchev–Trinajstić information content (AvgIpc) is 2.78. The highest BCUT2D eigenvalue weighted by Gasteiger charge is 2.35. The first-order chi connectivity index (χ1) is 18.0. The van der Waals surface area contributed by atoms with E-state index in [1.807, 2.05) is 32.0 Å². The van der Waals surface area contributed by atoms with Gasteiger partial charge in [-0.25, -0.2) is 4.79 Å². The van der Waals surface area contributed by atoms with Crippen LogP contribution in [0.15, 0.2) is 48.5 Å². The lowest BCUT2D eigenvalue weighted by molar-refractivity contribution is -0.137. The molecule has 0 atom stereocenters. The first-order valence-corrected chi connectivity index (χ1v) is 12.2. The molecule has 39 heavy (non-hydrogen) atoms. The Morgan fingerprint density at radius 3 is 2.10 bits per heavy atom. The minimum atomic E-state index is -4.82. The molecular weight excluding hydrogens is 535 g/mol. The molecule has 2 N–H and O–H groups in total. The first kappa shape index (κ1) is 29.6. The van der Waals surface area contributed by atoms with Gasteiger partial charge in [0, 0.05) is 17.0 Å². The fraction of sp³-hybridized carbons (Fsp3) is 0.286. The number of ketones is 1. The Bertz CT molecular complexity index is 1410. The molecule has 0 aliphatic heterocycles. The van der Waals surface area contributed by atoms with Crippen molar-refractivity contribution in [2.75, 3.05) is 10.6 Å². The summed E-state index contributed by atoms with van der Waals surface area (Å²) in [4.78, 5) is 42.2. The van der Waals surface area contributed by atoms with Crippen LogP contribution in [0.1, 0.15) is 54.5 Å². The lowest BCUT2D eigenvalue weighted by Gasteiger charge is -2.21. The van der Waals surface area contributed by atoms with Gasteiger partial charge in [-0.15, -0.1) is 0 Å². The molecule has 1 heterocycles. The molecule has 0 saturated carbocycles. The maximum Gasteiger partial charge on any atom is 0.417 e. The predicted octanol–water partition coefficient (Wildman–Crippen LogP) is 7.60. The van der Waals surface area contributed by atoms with Gasteiger partial charge in [-0.1, -0.05) is 29.8 Å². The summed E-state index contributed by atoms with van der Waals surface area (Å²) in [6, 6.07) is 11.9. The number of anilines is 2. The van der Waals surface area contributed by atoms with Gasteiger partial charge in [0.15, 0.2) is 5.78 Å². The quantitative estimate of drug-likeness (QED) is 0.238. The number of carbonyl (C=O) groups excluding carboxylic acids is 3. The monoisotopic (exact) mass is 561 g/mol. The van der Waals surface area contributed by atoms with E-state index in [1.54, 1.807) is 39.0 Å². The van der Waals surface area contributed by atoms with Gasteiger partial charge in [0.05, 0.1) is 28.4 Å². The van der Waals surface area contributed by atoms with Crippen molar-refractivity contribution in [2.24, 2.45) is 0 Å². The van der Waals surface area contributed by atoms with Crippen LogP contribution in [0.5, 0.6) is 0 Å². The van der Waals surface area contributed by atoms with Crippen LogP contribution in [0.4, 0.5) is 29.3 Å². The van der Waals surface area contributed by atoms with Gasteiger partial charge in [-0.3, -0.25) is 19.9 Å². The molecule has 0 bridgehead atoms. The molecule has 3 aromatic rings. The van der Waals surface area contributed by atoms with Crippen molar-refractivity contribution < 1.29 is 32.3 Å². The van der Waals surface area contributed by atoms with Crippen molar-refractivity contribution in [3.05, 3.63) is 76.1 Å². The summed E-state index contributed by atoms with van der Waals surface area (Å²) in [6.07, 6.45) is -6.47. The fourth-order valence-corrected chi connectivity index (χ4v) is 4.00. The Morgan fingerprint density at radius 2 is 1.51 bits per heavy atom. The van der Waals surface area contributed by atoms with Gasteiger partial charge in [0.2, 0.25) is 5.91 Å². The van der Waals surface area contributed by atoms with Crippen LogP contribution >= 0.6 is 11.6 Å². The van der Waals surface area contributed by atoms with E-state index in [2.05, 4.69) is 15.6 Å². The van der Waals surface area contributed by atoms with E-state index in [-0.39, 0.29) is 11.3 Å². The van der Waals surface area contributed by atoms with Crippen molar-refractivity contribution in [1.82, 2.24) is 4.98 Å². The van der Waals surface area contributed by atoms with Gasteiger partial charge >= 0.3 is 12.3 Å². The number of aromatic nitrogens is 1. The molecule has 1 aromatic heterocycles. The maximum atomic E-state index is 13.4. The van der Waals surface area contributed by atoms with Crippen molar-refractivity contribution in [3.63, 3.8) is 0 Å². The molecule has 0 saturated heterocycles. The maximum absolute atomic E-state index is 13.4. The third-order valence-corrected chi connectivity index (χ3v) is 5.56. The third-order valence-electron chi connectivity index (χ3n) is 5.24.